The smallest absolute Gasteiger partial charge is 0.123 e. The number of para-hydroxylation sites is 1. The molecule has 1 aliphatic heterocycles. The van der Waals surface area contributed by atoms with Crippen LogP contribution in [0.1, 0.15) is 18.9 Å². The van der Waals surface area contributed by atoms with Crippen molar-refractivity contribution in [3.63, 3.8) is 0 Å². The Hall–Kier alpha value is -1.53. The summed E-state index contributed by atoms with van der Waals surface area (Å²) >= 11 is 0. The van der Waals surface area contributed by atoms with Crippen molar-refractivity contribution in [3.05, 3.63) is 29.8 Å². The fourth-order valence-electron chi connectivity index (χ4n) is 2.04. The Labute approximate surface area is 96.2 Å². The fourth-order valence-corrected chi connectivity index (χ4v) is 2.04. The maximum Gasteiger partial charge on any atom is 0.123 e. The zero-order valence-corrected chi connectivity index (χ0v) is 9.52. The normalized spacial score (nSPS) is 17.8. The lowest BCUT2D eigenvalue weighted by molar-refractivity contribution is 0.194. The molecule has 0 saturated heterocycles. The van der Waals surface area contributed by atoms with E-state index in [0.717, 1.165) is 25.3 Å². The van der Waals surface area contributed by atoms with Gasteiger partial charge in [0.25, 0.3) is 0 Å². The van der Waals surface area contributed by atoms with Crippen molar-refractivity contribution < 1.29 is 4.74 Å². The molecule has 1 aromatic rings. The van der Waals surface area contributed by atoms with E-state index in [1.54, 1.807) is 0 Å². The van der Waals surface area contributed by atoms with Crippen LogP contribution in [-0.2, 0) is 6.54 Å². The van der Waals surface area contributed by atoms with Crippen molar-refractivity contribution in [3.8, 4) is 11.8 Å². The highest BCUT2D eigenvalue weighted by Gasteiger charge is 2.20. The second-order valence-corrected chi connectivity index (χ2v) is 3.98. The van der Waals surface area contributed by atoms with Crippen molar-refractivity contribution in [2.75, 3.05) is 13.2 Å². The summed E-state index contributed by atoms with van der Waals surface area (Å²) in [5.41, 5.74) is 1.17. The molecule has 2 rings (SSSR count). The molecule has 16 heavy (non-hydrogen) atoms. The van der Waals surface area contributed by atoms with Gasteiger partial charge in [0.15, 0.2) is 0 Å². The third-order valence-corrected chi connectivity index (χ3v) is 2.96. The van der Waals surface area contributed by atoms with Crippen LogP contribution in [0.2, 0.25) is 0 Å². The molecule has 0 spiro atoms. The van der Waals surface area contributed by atoms with Gasteiger partial charge in [-0.25, -0.2) is 0 Å². The second kappa shape index (κ2) is 5.00. The molecule has 0 amide bonds. The van der Waals surface area contributed by atoms with E-state index in [2.05, 4.69) is 17.0 Å². The summed E-state index contributed by atoms with van der Waals surface area (Å²) < 4.78 is 5.67. The third-order valence-electron chi connectivity index (χ3n) is 2.96. The number of hydrogen-bond donors (Lipinski definition) is 0. The summed E-state index contributed by atoms with van der Waals surface area (Å²) in [6.07, 6.45) is 0.860. The Bertz CT molecular complexity index is 397. The maximum atomic E-state index is 9.09. The van der Waals surface area contributed by atoms with Gasteiger partial charge in [0.05, 0.1) is 12.1 Å². The van der Waals surface area contributed by atoms with E-state index in [0.29, 0.717) is 6.61 Å². The van der Waals surface area contributed by atoms with E-state index in [-0.39, 0.29) is 6.04 Å². The van der Waals surface area contributed by atoms with Crippen LogP contribution in [0.3, 0.4) is 0 Å². The van der Waals surface area contributed by atoms with Crippen LogP contribution in [0.4, 0.5) is 0 Å². The maximum absolute atomic E-state index is 9.09. The van der Waals surface area contributed by atoms with Crippen LogP contribution in [0.5, 0.6) is 5.75 Å². The molecule has 0 fully saturated rings. The number of hydrogen-bond acceptors (Lipinski definition) is 3. The van der Waals surface area contributed by atoms with Crippen molar-refractivity contribution in [2.24, 2.45) is 0 Å². The molecule has 0 aliphatic carbocycles. The predicted octanol–water partition coefficient (Wildman–Crippen LogP) is 2.18. The summed E-state index contributed by atoms with van der Waals surface area (Å²) in [4.78, 5) is 2.19. The molecule has 0 bridgehead atoms. The van der Waals surface area contributed by atoms with Crippen LogP contribution in [0.25, 0.3) is 0 Å². The monoisotopic (exact) mass is 216 g/mol. The van der Waals surface area contributed by atoms with Crippen molar-refractivity contribution >= 4 is 0 Å². The molecular formula is C13H16N2O. The predicted molar refractivity (Wildman–Crippen MR) is 62.0 cm³/mol. The Kier molecular flexibility index (Phi) is 3.43. The van der Waals surface area contributed by atoms with Gasteiger partial charge in [-0.2, -0.15) is 5.26 Å². The Balaban J connectivity index is 2.20. The highest BCUT2D eigenvalue weighted by Crippen LogP contribution is 2.23. The van der Waals surface area contributed by atoms with Crippen LogP contribution in [0, 0.1) is 11.3 Å². The van der Waals surface area contributed by atoms with Crippen molar-refractivity contribution in [1.82, 2.24) is 4.90 Å². The molecule has 3 heteroatoms. The molecule has 0 radical (unpaired) electrons. The van der Waals surface area contributed by atoms with E-state index in [4.69, 9.17) is 10.00 Å². The first-order valence-corrected chi connectivity index (χ1v) is 5.69. The first-order chi connectivity index (χ1) is 7.85. The molecule has 1 atom stereocenters. The molecule has 0 aromatic heterocycles. The summed E-state index contributed by atoms with van der Waals surface area (Å²) in [6.45, 7) is 4.34. The standard InChI is InChI=1S/C13H16N2O/c1-2-12(9-14)15-7-8-16-13-6-4-3-5-11(13)10-15/h3-6,12H,2,7-8,10H2,1H3. The van der Waals surface area contributed by atoms with Gasteiger partial charge in [-0.1, -0.05) is 25.1 Å². The lowest BCUT2D eigenvalue weighted by atomic mass is 10.1. The first kappa shape index (κ1) is 11.0. The largest absolute Gasteiger partial charge is 0.492 e. The van der Waals surface area contributed by atoms with Gasteiger partial charge < -0.3 is 4.74 Å². The number of fused-ring (bicyclic) bond motifs is 1. The minimum atomic E-state index is -0.00486. The fraction of sp³-hybridized carbons (Fsp3) is 0.462. The van der Waals surface area contributed by atoms with Gasteiger partial charge >= 0.3 is 0 Å². The molecule has 0 N–H and O–H groups in total. The summed E-state index contributed by atoms with van der Waals surface area (Å²) in [6, 6.07) is 10.4. The molecule has 1 unspecified atom stereocenters. The van der Waals surface area contributed by atoms with Gasteiger partial charge in [-0.05, 0) is 12.5 Å². The average Bonchev–Trinajstić information content (AvgIpc) is 2.53. The molecule has 1 aromatic carbocycles. The number of nitrogens with zero attached hydrogens (tertiary/aromatic N) is 2. The second-order valence-electron chi connectivity index (χ2n) is 3.98. The van der Waals surface area contributed by atoms with Gasteiger partial charge in [0, 0.05) is 18.7 Å². The number of ether oxygens (including phenoxy) is 1. The van der Waals surface area contributed by atoms with E-state index < -0.39 is 0 Å². The summed E-state index contributed by atoms with van der Waals surface area (Å²) in [7, 11) is 0. The van der Waals surface area contributed by atoms with Crippen LogP contribution in [0.15, 0.2) is 24.3 Å². The Morgan fingerprint density at radius 3 is 3.06 bits per heavy atom. The number of benzene rings is 1. The SMILES string of the molecule is CCC(C#N)N1CCOc2ccccc2C1. The number of nitriles is 1. The van der Waals surface area contributed by atoms with E-state index in [9.17, 15) is 0 Å². The van der Waals surface area contributed by atoms with Crippen LogP contribution >= 0.6 is 0 Å². The van der Waals surface area contributed by atoms with E-state index in [1.165, 1.54) is 5.56 Å². The Morgan fingerprint density at radius 2 is 2.31 bits per heavy atom. The molecule has 1 aliphatic rings. The van der Waals surface area contributed by atoms with E-state index >= 15 is 0 Å². The first-order valence-electron chi connectivity index (χ1n) is 5.69. The van der Waals surface area contributed by atoms with Crippen LogP contribution < -0.4 is 4.74 Å². The van der Waals surface area contributed by atoms with E-state index in [1.807, 2.05) is 25.1 Å². The molecule has 0 saturated carbocycles. The zero-order chi connectivity index (χ0) is 11.4. The summed E-state index contributed by atoms with van der Waals surface area (Å²) in [5.74, 6) is 0.956. The van der Waals surface area contributed by atoms with Crippen LogP contribution in [-0.4, -0.2) is 24.1 Å². The highest BCUT2D eigenvalue weighted by atomic mass is 16.5. The molecule has 1 heterocycles. The molecule has 84 valence electrons. The average molecular weight is 216 g/mol. The zero-order valence-electron chi connectivity index (χ0n) is 9.52. The lowest BCUT2D eigenvalue weighted by Gasteiger charge is -2.23. The minimum absolute atomic E-state index is 0.00486. The Morgan fingerprint density at radius 1 is 1.50 bits per heavy atom. The number of rotatable bonds is 2. The topological polar surface area (TPSA) is 36.3 Å². The molecular weight excluding hydrogens is 200 g/mol. The van der Waals surface area contributed by atoms with Gasteiger partial charge in [0.2, 0.25) is 0 Å². The molecule has 3 nitrogen and oxygen atoms in total. The minimum Gasteiger partial charge on any atom is -0.492 e. The lowest BCUT2D eigenvalue weighted by Crippen LogP contribution is -2.34. The van der Waals surface area contributed by atoms with Gasteiger partial charge in [0.1, 0.15) is 12.4 Å². The van der Waals surface area contributed by atoms with Crippen molar-refractivity contribution in [1.29, 1.82) is 5.26 Å². The van der Waals surface area contributed by atoms with Gasteiger partial charge in [-0.3, -0.25) is 4.90 Å². The van der Waals surface area contributed by atoms with Crippen molar-refractivity contribution in [2.45, 2.75) is 25.9 Å². The quantitative estimate of drug-likeness (QED) is 0.760. The summed E-state index contributed by atoms with van der Waals surface area (Å²) in [5, 5.41) is 9.09. The van der Waals surface area contributed by atoms with Gasteiger partial charge in [-0.15, -0.1) is 0 Å². The highest BCUT2D eigenvalue weighted by molar-refractivity contribution is 5.34. The third kappa shape index (κ3) is 2.17.